The topological polar surface area (TPSA) is 84.5 Å². The highest BCUT2D eigenvalue weighted by Gasteiger charge is 2.30. The van der Waals surface area contributed by atoms with Gasteiger partial charge in [0.1, 0.15) is 6.54 Å². The first-order chi connectivity index (χ1) is 12.8. The zero-order valence-electron chi connectivity index (χ0n) is 13.9. The Morgan fingerprint density at radius 3 is 2.33 bits per heavy atom. The lowest BCUT2D eigenvalue weighted by atomic mass is 10.2. The highest BCUT2D eigenvalue weighted by molar-refractivity contribution is 5.96. The van der Waals surface area contributed by atoms with E-state index in [1.165, 1.54) is 6.07 Å². The Bertz CT molecular complexity index is 823. The van der Waals surface area contributed by atoms with Gasteiger partial charge in [0.25, 0.3) is 11.8 Å². The molecule has 2 rings (SSSR count). The number of anilines is 1. The van der Waals surface area contributed by atoms with Crippen LogP contribution in [0.1, 0.15) is 15.9 Å². The van der Waals surface area contributed by atoms with Gasteiger partial charge in [0.05, 0.1) is 5.56 Å². The Kier molecular flexibility index (Phi) is 6.53. The molecule has 0 aliphatic rings. The van der Waals surface area contributed by atoms with Crippen molar-refractivity contribution in [2.24, 2.45) is 0 Å². The Balaban J connectivity index is 1.77. The molecule has 0 aliphatic carbocycles. The van der Waals surface area contributed by atoms with E-state index in [1.54, 1.807) is 30.3 Å². The highest BCUT2D eigenvalue weighted by Crippen LogP contribution is 2.30. The fourth-order valence-corrected chi connectivity index (χ4v) is 2.01. The maximum atomic E-state index is 12.6. The molecular weight excluding hydrogens is 365 g/mol. The van der Waals surface area contributed by atoms with Gasteiger partial charge in [-0.3, -0.25) is 14.4 Å². The van der Waals surface area contributed by atoms with E-state index >= 15 is 0 Å². The first-order valence-corrected chi connectivity index (χ1v) is 7.71. The minimum atomic E-state index is -4.54. The molecule has 0 heterocycles. The molecule has 0 saturated carbocycles. The van der Waals surface area contributed by atoms with Crippen molar-refractivity contribution in [3.8, 4) is 0 Å². The molecule has 0 bridgehead atoms. The smallest absolute Gasteiger partial charge is 0.416 e. The van der Waals surface area contributed by atoms with E-state index in [0.29, 0.717) is 5.56 Å². The molecule has 0 aromatic heterocycles. The summed E-state index contributed by atoms with van der Waals surface area (Å²) in [5.41, 5.74) is -0.642. The van der Waals surface area contributed by atoms with Gasteiger partial charge >= 0.3 is 12.1 Å². The molecule has 0 saturated heterocycles. The van der Waals surface area contributed by atoms with Crippen molar-refractivity contribution in [2.45, 2.75) is 6.18 Å². The molecule has 0 aliphatic heterocycles. The molecule has 0 spiro atoms. The van der Waals surface area contributed by atoms with Crippen molar-refractivity contribution >= 4 is 23.5 Å². The second kappa shape index (κ2) is 8.84. The van der Waals surface area contributed by atoms with Crippen LogP contribution in [-0.4, -0.2) is 30.9 Å². The van der Waals surface area contributed by atoms with Gasteiger partial charge in [0.2, 0.25) is 0 Å². The summed E-state index contributed by atoms with van der Waals surface area (Å²) in [6, 6.07) is 12.2. The van der Waals surface area contributed by atoms with Crippen molar-refractivity contribution in [3.05, 3.63) is 65.7 Å². The lowest BCUT2D eigenvalue weighted by Crippen LogP contribution is -2.32. The second-order valence-electron chi connectivity index (χ2n) is 5.34. The van der Waals surface area contributed by atoms with Gasteiger partial charge in [0, 0.05) is 11.3 Å². The fourth-order valence-electron chi connectivity index (χ4n) is 2.01. The van der Waals surface area contributed by atoms with Crippen LogP contribution in [-0.2, 0) is 20.5 Å². The minimum absolute atomic E-state index is 0.0803. The lowest BCUT2D eigenvalue weighted by molar-refractivity contribution is -0.146. The normalized spacial score (nSPS) is 10.8. The average molecular weight is 380 g/mol. The van der Waals surface area contributed by atoms with Gasteiger partial charge in [-0.2, -0.15) is 13.2 Å². The minimum Gasteiger partial charge on any atom is -0.454 e. The van der Waals surface area contributed by atoms with Gasteiger partial charge in [-0.25, -0.2) is 0 Å². The predicted molar refractivity (Wildman–Crippen MR) is 89.8 cm³/mol. The standard InChI is InChI=1S/C18H15F3N2O4/c19-18(20,21)13-7-4-8-14(9-13)23-15(24)11-27-16(25)10-22-17(26)12-5-2-1-3-6-12/h1-9H,10-11H2,(H,22,26)(H,23,24). The number of benzene rings is 2. The van der Waals surface area contributed by atoms with Crippen LogP contribution in [0.5, 0.6) is 0 Å². The van der Waals surface area contributed by atoms with Crippen LogP contribution in [0.15, 0.2) is 54.6 Å². The quantitative estimate of drug-likeness (QED) is 0.755. The van der Waals surface area contributed by atoms with E-state index in [4.69, 9.17) is 0 Å². The Morgan fingerprint density at radius 2 is 1.67 bits per heavy atom. The molecule has 142 valence electrons. The molecule has 0 unspecified atom stereocenters. The monoisotopic (exact) mass is 380 g/mol. The fraction of sp³-hybridized carbons (Fsp3) is 0.167. The van der Waals surface area contributed by atoms with Crippen LogP contribution < -0.4 is 10.6 Å². The second-order valence-corrected chi connectivity index (χ2v) is 5.34. The molecule has 27 heavy (non-hydrogen) atoms. The van der Waals surface area contributed by atoms with Gasteiger partial charge in [-0.15, -0.1) is 0 Å². The van der Waals surface area contributed by atoms with Gasteiger partial charge < -0.3 is 15.4 Å². The van der Waals surface area contributed by atoms with Crippen molar-refractivity contribution in [1.82, 2.24) is 5.32 Å². The summed E-state index contributed by atoms with van der Waals surface area (Å²) in [5.74, 6) is -2.16. The van der Waals surface area contributed by atoms with Crippen LogP contribution in [0.25, 0.3) is 0 Å². The van der Waals surface area contributed by atoms with E-state index in [2.05, 4.69) is 15.4 Å². The number of alkyl halides is 3. The number of amides is 2. The number of hydrogen-bond donors (Lipinski definition) is 2. The first-order valence-electron chi connectivity index (χ1n) is 7.71. The molecule has 2 N–H and O–H groups in total. The van der Waals surface area contributed by atoms with E-state index in [0.717, 1.165) is 18.2 Å². The predicted octanol–water partition coefficient (Wildman–Crippen LogP) is 2.62. The Hall–Kier alpha value is -3.36. The molecule has 2 aromatic carbocycles. The summed E-state index contributed by atoms with van der Waals surface area (Å²) in [7, 11) is 0. The summed E-state index contributed by atoms with van der Waals surface area (Å²) < 4.78 is 42.5. The highest BCUT2D eigenvalue weighted by atomic mass is 19.4. The molecule has 0 radical (unpaired) electrons. The molecular formula is C18H15F3N2O4. The third-order valence-electron chi connectivity index (χ3n) is 3.27. The number of hydrogen-bond acceptors (Lipinski definition) is 4. The number of esters is 1. The molecule has 2 amide bonds. The van der Waals surface area contributed by atoms with E-state index in [9.17, 15) is 27.6 Å². The number of nitrogens with one attached hydrogen (secondary N) is 2. The number of carbonyl (C=O) groups is 3. The SMILES string of the molecule is O=C(COC(=O)CNC(=O)c1ccccc1)Nc1cccc(C(F)(F)F)c1. The molecule has 2 aromatic rings. The van der Waals surface area contributed by atoms with E-state index in [-0.39, 0.29) is 5.69 Å². The largest absolute Gasteiger partial charge is 0.454 e. The van der Waals surface area contributed by atoms with E-state index in [1.807, 2.05) is 0 Å². The van der Waals surface area contributed by atoms with Crippen molar-refractivity contribution in [2.75, 3.05) is 18.5 Å². The maximum absolute atomic E-state index is 12.6. The van der Waals surface area contributed by atoms with Crippen LogP contribution in [0.3, 0.4) is 0 Å². The third-order valence-corrected chi connectivity index (χ3v) is 3.27. The van der Waals surface area contributed by atoms with Crippen molar-refractivity contribution in [1.29, 1.82) is 0 Å². The third kappa shape index (κ3) is 6.46. The summed E-state index contributed by atoms with van der Waals surface area (Å²) in [5, 5.41) is 4.52. The van der Waals surface area contributed by atoms with Crippen molar-refractivity contribution in [3.63, 3.8) is 0 Å². The maximum Gasteiger partial charge on any atom is 0.416 e. The van der Waals surface area contributed by atoms with Crippen LogP contribution in [0.4, 0.5) is 18.9 Å². The number of halogens is 3. The van der Waals surface area contributed by atoms with Crippen molar-refractivity contribution < 1.29 is 32.3 Å². The molecule has 0 fully saturated rings. The summed E-state index contributed by atoms with van der Waals surface area (Å²) in [6.45, 7) is -1.15. The Labute approximate surface area is 152 Å². The van der Waals surface area contributed by atoms with Crippen LogP contribution in [0.2, 0.25) is 0 Å². The Morgan fingerprint density at radius 1 is 0.963 bits per heavy atom. The molecule has 9 heteroatoms. The van der Waals surface area contributed by atoms with Gasteiger partial charge in [-0.05, 0) is 30.3 Å². The van der Waals surface area contributed by atoms with Crippen LogP contribution >= 0.6 is 0 Å². The average Bonchev–Trinajstić information content (AvgIpc) is 2.64. The lowest BCUT2D eigenvalue weighted by Gasteiger charge is -2.10. The molecule has 6 nitrogen and oxygen atoms in total. The number of ether oxygens (including phenoxy) is 1. The zero-order valence-corrected chi connectivity index (χ0v) is 13.9. The van der Waals surface area contributed by atoms with E-state index < -0.39 is 42.7 Å². The number of carbonyl (C=O) groups excluding carboxylic acids is 3. The summed E-state index contributed by atoms with van der Waals surface area (Å²) in [4.78, 5) is 35.0. The summed E-state index contributed by atoms with van der Waals surface area (Å²) in [6.07, 6.45) is -4.54. The first kappa shape index (κ1) is 20.0. The summed E-state index contributed by atoms with van der Waals surface area (Å²) >= 11 is 0. The zero-order chi connectivity index (χ0) is 19.9. The van der Waals surface area contributed by atoms with Gasteiger partial charge in [0.15, 0.2) is 6.61 Å². The van der Waals surface area contributed by atoms with Crippen LogP contribution in [0, 0.1) is 0 Å². The number of rotatable bonds is 6. The van der Waals surface area contributed by atoms with Gasteiger partial charge in [-0.1, -0.05) is 24.3 Å². The molecule has 0 atom stereocenters.